The van der Waals surface area contributed by atoms with Gasteiger partial charge in [0.05, 0.1) is 21.8 Å². The van der Waals surface area contributed by atoms with E-state index >= 15 is 0 Å². The standard InChI is InChI=1S/C21H25BrN2O4/c1-14(2)28-19-10-9-15(13-17(19)22)20(25)24-18-8-5-4-7-16(18)21(26)23-11-6-12-27-3/h4-5,7-10,13-14H,6,11-12H2,1-3H3,(H,23,26)(H,24,25). The molecule has 7 heteroatoms. The summed E-state index contributed by atoms with van der Waals surface area (Å²) in [7, 11) is 1.62. The molecule has 150 valence electrons. The Hall–Kier alpha value is -2.38. The number of para-hydroxylation sites is 1. The zero-order valence-electron chi connectivity index (χ0n) is 16.3. The second-order valence-corrected chi connectivity index (χ2v) is 7.27. The van der Waals surface area contributed by atoms with Crippen molar-refractivity contribution in [3.05, 3.63) is 58.1 Å². The monoisotopic (exact) mass is 448 g/mol. The van der Waals surface area contributed by atoms with Gasteiger partial charge in [0.15, 0.2) is 0 Å². The van der Waals surface area contributed by atoms with Crippen LogP contribution in [-0.2, 0) is 4.74 Å². The lowest BCUT2D eigenvalue weighted by Gasteiger charge is -2.14. The number of nitrogens with one attached hydrogen (secondary N) is 2. The lowest BCUT2D eigenvalue weighted by molar-refractivity contribution is 0.0949. The number of amides is 2. The molecule has 0 atom stereocenters. The maximum Gasteiger partial charge on any atom is 0.255 e. The minimum atomic E-state index is -0.309. The minimum Gasteiger partial charge on any atom is -0.490 e. The summed E-state index contributed by atoms with van der Waals surface area (Å²) >= 11 is 3.43. The molecule has 0 saturated carbocycles. The highest BCUT2D eigenvalue weighted by Crippen LogP contribution is 2.27. The van der Waals surface area contributed by atoms with Gasteiger partial charge in [0.2, 0.25) is 0 Å². The summed E-state index contributed by atoms with van der Waals surface area (Å²) in [6, 6.07) is 12.0. The van der Waals surface area contributed by atoms with Crippen LogP contribution in [0.4, 0.5) is 5.69 Å². The van der Waals surface area contributed by atoms with Crippen molar-refractivity contribution in [2.24, 2.45) is 0 Å². The van der Waals surface area contributed by atoms with Crippen molar-refractivity contribution in [3.8, 4) is 5.75 Å². The maximum absolute atomic E-state index is 12.7. The highest BCUT2D eigenvalue weighted by molar-refractivity contribution is 9.10. The predicted molar refractivity (Wildman–Crippen MR) is 113 cm³/mol. The van der Waals surface area contributed by atoms with Crippen molar-refractivity contribution in [1.29, 1.82) is 0 Å². The Morgan fingerprint density at radius 1 is 1.11 bits per heavy atom. The number of hydrogen-bond acceptors (Lipinski definition) is 4. The summed E-state index contributed by atoms with van der Waals surface area (Å²) < 4.78 is 11.3. The highest BCUT2D eigenvalue weighted by atomic mass is 79.9. The predicted octanol–water partition coefficient (Wildman–Crippen LogP) is 4.25. The van der Waals surface area contributed by atoms with Gasteiger partial charge in [0.1, 0.15) is 5.75 Å². The molecular formula is C21H25BrN2O4. The number of ether oxygens (including phenoxy) is 2. The van der Waals surface area contributed by atoms with Crippen molar-refractivity contribution in [1.82, 2.24) is 5.32 Å². The number of anilines is 1. The van der Waals surface area contributed by atoms with Crippen LogP contribution in [0.3, 0.4) is 0 Å². The first kappa shape index (κ1) is 21.9. The quantitative estimate of drug-likeness (QED) is 0.561. The SMILES string of the molecule is COCCCNC(=O)c1ccccc1NC(=O)c1ccc(OC(C)C)c(Br)c1. The largest absolute Gasteiger partial charge is 0.490 e. The molecular weight excluding hydrogens is 424 g/mol. The van der Waals surface area contributed by atoms with Crippen LogP contribution in [0.1, 0.15) is 41.0 Å². The first-order valence-corrected chi connectivity index (χ1v) is 9.85. The fraction of sp³-hybridized carbons (Fsp3) is 0.333. The molecule has 28 heavy (non-hydrogen) atoms. The average Bonchev–Trinajstić information content (AvgIpc) is 2.66. The van der Waals surface area contributed by atoms with Gasteiger partial charge in [-0.05, 0) is 66.5 Å². The summed E-state index contributed by atoms with van der Waals surface area (Å²) in [6.45, 7) is 4.94. The van der Waals surface area contributed by atoms with Gasteiger partial charge in [-0.3, -0.25) is 9.59 Å². The number of methoxy groups -OCH3 is 1. The van der Waals surface area contributed by atoms with Gasteiger partial charge < -0.3 is 20.1 Å². The number of carbonyl (C=O) groups excluding carboxylic acids is 2. The van der Waals surface area contributed by atoms with E-state index in [4.69, 9.17) is 9.47 Å². The van der Waals surface area contributed by atoms with E-state index in [1.807, 2.05) is 13.8 Å². The Morgan fingerprint density at radius 2 is 1.86 bits per heavy atom. The third kappa shape index (κ3) is 6.35. The summed E-state index contributed by atoms with van der Waals surface area (Å²) in [5.41, 5.74) is 1.32. The van der Waals surface area contributed by atoms with Crippen LogP contribution in [0, 0.1) is 0 Å². The number of rotatable bonds is 9. The summed E-state index contributed by atoms with van der Waals surface area (Å²) in [6.07, 6.45) is 0.750. The van der Waals surface area contributed by atoms with E-state index in [9.17, 15) is 9.59 Å². The molecule has 2 aromatic rings. The van der Waals surface area contributed by atoms with Crippen molar-refractivity contribution in [2.75, 3.05) is 25.6 Å². The van der Waals surface area contributed by atoms with Crippen LogP contribution in [0.25, 0.3) is 0 Å². The second-order valence-electron chi connectivity index (χ2n) is 6.41. The van der Waals surface area contributed by atoms with Crippen LogP contribution in [0.5, 0.6) is 5.75 Å². The molecule has 0 heterocycles. The summed E-state index contributed by atoms with van der Waals surface area (Å²) in [4.78, 5) is 25.1. The van der Waals surface area contributed by atoms with E-state index in [-0.39, 0.29) is 17.9 Å². The van der Waals surface area contributed by atoms with E-state index in [2.05, 4.69) is 26.6 Å². The van der Waals surface area contributed by atoms with Crippen LogP contribution < -0.4 is 15.4 Å². The fourth-order valence-electron chi connectivity index (χ4n) is 2.49. The third-order valence-corrected chi connectivity index (χ3v) is 4.41. The fourth-order valence-corrected chi connectivity index (χ4v) is 2.96. The Labute approximate surface area is 173 Å². The minimum absolute atomic E-state index is 0.0326. The van der Waals surface area contributed by atoms with Gasteiger partial charge in [0, 0.05) is 25.8 Å². The van der Waals surface area contributed by atoms with E-state index in [1.54, 1.807) is 49.6 Å². The topological polar surface area (TPSA) is 76.7 Å². The molecule has 0 spiro atoms. The first-order chi connectivity index (χ1) is 13.4. The maximum atomic E-state index is 12.7. The first-order valence-electron chi connectivity index (χ1n) is 9.06. The zero-order chi connectivity index (χ0) is 20.5. The molecule has 6 nitrogen and oxygen atoms in total. The molecule has 2 amide bonds. The molecule has 0 aromatic heterocycles. The molecule has 2 N–H and O–H groups in total. The van der Waals surface area contributed by atoms with Crippen molar-refractivity contribution in [2.45, 2.75) is 26.4 Å². The number of halogens is 1. The smallest absolute Gasteiger partial charge is 0.255 e. The molecule has 0 aliphatic heterocycles. The normalized spacial score (nSPS) is 10.6. The Morgan fingerprint density at radius 3 is 2.54 bits per heavy atom. The molecule has 0 aliphatic rings. The lowest BCUT2D eigenvalue weighted by Crippen LogP contribution is -2.26. The molecule has 0 unspecified atom stereocenters. The Balaban J connectivity index is 2.10. The number of carbonyl (C=O) groups is 2. The molecule has 0 fully saturated rings. The summed E-state index contributed by atoms with van der Waals surface area (Å²) in [5.74, 6) is 0.118. The molecule has 2 aromatic carbocycles. The third-order valence-electron chi connectivity index (χ3n) is 3.79. The molecule has 0 bridgehead atoms. The Kier molecular flexibility index (Phi) is 8.47. The van der Waals surface area contributed by atoms with Crippen LogP contribution in [0.2, 0.25) is 0 Å². The lowest BCUT2D eigenvalue weighted by atomic mass is 10.1. The Bertz CT molecular complexity index is 824. The van der Waals surface area contributed by atoms with E-state index < -0.39 is 0 Å². The van der Waals surface area contributed by atoms with Crippen molar-refractivity contribution in [3.63, 3.8) is 0 Å². The van der Waals surface area contributed by atoms with Crippen molar-refractivity contribution < 1.29 is 19.1 Å². The van der Waals surface area contributed by atoms with E-state index in [0.29, 0.717) is 40.2 Å². The van der Waals surface area contributed by atoms with Gasteiger partial charge in [-0.15, -0.1) is 0 Å². The van der Waals surface area contributed by atoms with Crippen LogP contribution >= 0.6 is 15.9 Å². The van der Waals surface area contributed by atoms with Gasteiger partial charge in [-0.1, -0.05) is 12.1 Å². The van der Waals surface area contributed by atoms with E-state index in [0.717, 1.165) is 6.42 Å². The molecule has 0 aliphatic carbocycles. The zero-order valence-corrected chi connectivity index (χ0v) is 17.8. The average molecular weight is 449 g/mol. The number of benzene rings is 2. The van der Waals surface area contributed by atoms with Gasteiger partial charge >= 0.3 is 0 Å². The van der Waals surface area contributed by atoms with Crippen LogP contribution in [0.15, 0.2) is 46.9 Å². The van der Waals surface area contributed by atoms with Crippen molar-refractivity contribution >= 4 is 33.4 Å². The van der Waals surface area contributed by atoms with Gasteiger partial charge in [-0.2, -0.15) is 0 Å². The van der Waals surface area contributed by atoms with Gasteiger partial charge in [0.25, 0.3) is 11.8 Å². The summed E-state index contributed by atoms with van der Waals surface area (Å²) in [5, 5.41) is 5.64. The van der Waals surface area contributed by atoms with Crippen LogP contribution in [-0.4, -0.2) is 38.2 Å². The molecule has 2 rings (SSSR count). The number of hydrogen-bond donors (Lipinski definition) is 2. The second kappa shape index (κ2) is 10.8. The molecule has 0 radical (unpaired) electrons. The van der Waals surface area contributed by atoms with E-state index in [1.165, 1.54) is 0 Å². The van der Waals surface area contributed by atoms with Gasteiger partial charge in [-0.25, -0.2) is 0 Å². The molecule has 0 saturated heterocycles. The highest BCUT2D eigenvalue weighted by Gasteiger charge is 2.15.